The summed E-state index contributed by atoms with van der Waals surface area (Å²) in [6.07, 6.45) is 8.61. The molecule has 0 aliphatic heterocycles. The fourth-order valence-electron chi connectivity index (χ4n) is 2.60. The zero-order valence-electron chi connectivity index (χ0n) is 10.4. The van der Waals surface area contributed by atoms with Crippen LogP contribution in [0.4, 0.5) is 0 Å². The molecule has 2 nitrogen and oxygen atoms in total. The first-order valence-corrected chi connectivity index (χ1v) is 6.30. The molecule has 2 atom stereocenters. The predicted molar refractivity (Wildman–Crippen MR) is 66.0 cm³/mol. The molecule has 1 rings (SSSR count). The summed E-state index contributed by atoms with van der Waals surface area (Å²) in [7, 11) is 0. The van der Waals surface area contributed by atoms with Gasteiger partial charge in [-0.2, -0.15) is 0 Å². The summed E-state index contributed by atoms with van der Waals surface area (Å²) >= 11 is 0. The van der Waals surface area contributed by atoms with Gasteiger partial charge in [-0.25, -0.2) is 0 Å². The number of nitrogens with one attached hydrogen (secondary N) is 1. The van der Waals surface area contributed by atoms with Crippen molar-refractivity contribution < 1.29 is 0 Å². The third-order valence-corrected chi connectivity index (χ3v) is 3.86. The third kappa shape index (κ3) is 3.86. The Bertz CT molecular complexity index is 209. The van der Waals surface area contributed by atoms with E-state index in [2.05, 4.69) is 26.2 Å². The van der Waals surface area contributed by atoms with Crippen LogP contribution in [0.25, 0.3) is 0 Å². The molecule has 1 aliphatic rings. The molecule has 1 fully saturated rings. The molecule has 15 heavy (non-hydrogen) atoms. The van der Waals surface area contributed by atoms with Gasteiger partial charge in [0, 0.05) is 6.20 Å². The summed E-state index contributed by atoms with van der Waals surface area (Å²) in [5.41, 5.74) is 4.19. The van der Waals surface area contributed by atoms with Crippen LogP contribution in [0.3, 0.4) is 0 Å². The minimum Gasteiger partial charge on any atom is -0.331 e. The molecule has 0 saturated heterocycles. The summed E-state index contributed by atoms with van der Waals surface area (Å²) in [4.78, 5) is 0. The Morgan fingerprint density at radius 2 is 2.07 bits per heavy atom. The molecule has 0 aromatic heterocycles. The van der Waals surface area contributed by atoms with Crippen LogP contribution in [0.2, 0.25) is 0 Å². The van der Waals surface area contributed by atoms with Gasteiger partial charge in [-0.15, -0.1) is 0 Å². The first-order chi connectivity index (χ1) is 7.15. The summed E-state index contributed by atoms with van der Waals surface area (Å²) in [5, 5.41) is 0. The van der Waals surface area contributed by atoms with E-state index in [0.717, 1.165) is 11.8 Å². The van der Waals surface area contributed by atoms with Crippen molar-refractivity contribution >= 4 is 0 Å². The second-order valence-electron chi connectivity index (χ2n) is 5.26. The van der Waals surface area contributed by atoms with Gasteiger partial charge in [-0.1, -0.05) is 26.3 Å². The van der Waals surface area contributed by atoms with Crippen molar-refractivity contribution in [3.63, 3.8) is 0 Å². The van der Waals surface area contributed by atoms with Crippen LogP contribution in [0.5, 0.6) is 0 Å². The van der Waals surface area contributed by atoms with Gasteiger partial charge in [-0.05, 0) is 49.9 Å². The summed E-state index contributed by atoms with van der Waals surface area (Å²) in [6.45, 7) is 7.04. The second-order valence-corrected chi connectivity index (χ2v) is 5.26. The number of hydrazine groups is 1. The lowest BCUT2D eigenvalue weighted by Crippen LogP contribution is -2.19. The minimum atomic E-state index is 0.697. The van der Waals surface area contributed by atoms with Crippen molar-refractivity contribution in [2.75, 3.05) is 0 Å². The van der Waals surface area contributed by atoms with Gasteiger partial charge in [0.25, 0.3) is 0 Å². The van der Waals surface area contributed by atoms with Crippen molar-refractivity contribution in [2.24, 2.45) is 23.6 Å². The van der Waals surface area contributed by atoms with E-state index in [9.17, 15) is 0 Å². The van der Waals surface area contributed by atoms with E-state index >= 15 is 0 Å². The van der Waals surface area contributed by atoms with Crippen LogP contribution in [0.1, 0.15) is 52.9 Å². The molecule has 1 saturated carbocycles. The molecule has 1 aliphatic carbocycles. The molecule has 0 spiro atoms. The quantitative estimate of drug-likeness (QED) is 0.542. The zero-order chi connectivity index (χ0) is 11.3. The van der Waals surface area contributed by atoms with E-state index < -0.39 is 0 Å². The minimum absolute atomic E-state index is 0.697. The molecule has 0 aromatic carbocycles. The van der Waals surface area contributed by atoms with E-state index in [4.69, 9.17) is 5.84 Å². The third-order valence-electron chi connectivity index (χ3n) is 3.86. The van der Waals surface area contributed by atoms with Crippen molar-refractivity contribution in [2.45, 2.75) is 52.9 Å². The topological polar surface area (TPSA) is 38.0 Å². The van der Waals surface area contributed by atoms with Gasteiger partial charge in [0.1, 0.15) is 0 Å². The standard InChI is InChI=1S/C13H26N2/c1-10(2)12-5-4-6-13(9-15-14)11(3)7-8-12/h9-12,15H,4-8,14H2,1-3H3/b13-9-. The molecular weight excluding hydrogens is 184 g/mol. The van der Waals surface area contributed by atoms with Gasteiger partial charge >= 0.3 is 0 Å². The lowest BCUT2D eigenvalue weighted by molar-refractivity contribution is 0.293. The fourth-order valence-corrected chi connectivity index (χ4v) is 2.60. The van der Waals surface area contributed by atoms with Crippen molar-refractivity contribution in [1.82, 2.24) is 5.43 Å². The average Bonchev–Trinajstić information content (AvgIpc) is 2.17. The summed E-state index contributed by atoms with van der Waals surface area (Å²) < 4.78 is 0. The van der Waals surface area contributed by atoms with Crippen LogP contribution in [0, 0.1) is 17.8 Å². The van der Waals surface area contributed by atoms with Gasteiger partial charge in [-0.3, -0.25) is 5.84 Å². The Morgan fingerprint density at radius 3 is 2.67 bits per heavy atom. The molecule has 88 valence electrons. The number of hydrogen-bond donors (Lipinski definition) is 2. The highest BCUT2D eigenvalue weighted by Crippen LogP contribution is 2.32. The first-order valence-electron chi connectivity index (χ1n) is 6.30. The Labute approximate surface area is 94.3 Å². The Hall–Kier alpha value is -0.500. The first kappa shape index (κ1) is 12.6. The molecule has 2 unspecified atom stereocenters. The Balaban J connectivity index is 2.53. The maximum Gasteiger partial charge on any atom is 0.0117 e. The lowest BCUT2D eigenvalue weighted by Gasteiger charge is -2.27. The zero-order valence-corrected chi connectivity index (χ0v) is 10.4. The molecule has 2 heteroatoms. The van der Waals surface area contributed by atoms with Crippen molar-refractivity contribution in [3.8, 4) is 0 Å². The molecule has 0 bridgehead atoms. The maximum absolute atomic E-state index is 5.36. The van der Waals surface area contributed by atoms with E-state index in [1.807, 2.05) is 6.20 Å². The van der Waals surface area contributed by atoms with Crippen LogP contribution in [-0.2, 0) is 0 Å². The van der Waals surface area contributed by atoms with Crippen molar-refractivity contribution in [3.05, 3.63) is 11.8 Å². The van der Waals surface area contributed by atoms with Crippen LogP contribution >= 0.6 is 0 Å². The largest absolute Gasteiger partial charge is 0.331 e. The van der Waals surface area contributed by atoms with Crippen LogP contribution in [0.15, 0.2) is 11.8 Å². The monoisotopic (exact) mass is 210 g/mol. The number of rotatable bonds is 2. The summed E-state index contributed by atoms with van der Waals surface area (Å²) in [5.74, 6) is 7.83. The highest BCUT2D eigenvalue weighted by molar-refractivity contribution is 5.05. The SMILES string of the molecule is CC1CCC(C(C)C)CCC/C1=C/NN. The lowest BCUT2D eigenvalue weighted by atomic mass is 9.79. The number of allylic oxidation sites excluding steroid dienone is 1. The van der Waals surface area contributed by atoms with Gasteiger partial charge in [0.15, 0.2) is 0 Å². The summed E-state index contributed by atoms with van der Waals surface area (Å²) in [6, 6.07) is 0. The van der Waals surface area contributed by atoms with Crippen LogP contribution in [-0.4, -0.2) is 0 Å². The molecular formula is C13H26N2. The molecule has 0 heterocycles. The molecule has 0 amide bonds. The van der Waals surface area contributed by atoms with E-state index in [-0.39, 0.29) is 0 Å². The normalized spacial score (nSPS) is 31.4. The van der Waals surface area contributed by atoms with E-state index in [1.165, 1.54) is 37.7 Å². The van der Waals surface area contributed by atoms with Gasteiger partial charge < -0.3 is 5.43 Å². The average molecular weight is 210 g/mol. The van der Waals surface area contributed by atoms with E-state index in [0.29, 0.717) is 5.92 Å². The smallest absolute Gasteiger partial charge is 0.0117 e. The second kappa shape index (κ2) is 6.16. The van der Waals surface area contributed by atoms with Crippen molar-refractivity contribution in [1.29, 1.82) is 0 Å². The number of nitrogens with two attached hydrogens (primary N) is 1. The number of hydrogen-bond acceptors (Lipinski definition) is 2. The van der Waals surface area contributed by atoms with Gasteiger partial charge in [0.2, 0.25) is 0 Å². The van der Waals surface area contributed by atoms with Crippen LogP contribution < -0.4 is 11.3 Å². The Kier molecular flexibility index (Phi) is 5.16. The predicted octanol–water partition coefficient (Wildman–Crippen LogP) is 3.21. The Morgan fingerprint density at radius 1 is 1.33 bits per heavy atom. The maximum atomic E-state index is 5.36. The molecule has 3 N–H and O–H groups in total. The fraction of sp³-hybridized carbons (Fsp3) is 0.846. The highest BCUT2D eigenvalue weighted by atomic mass is 15.2. The molecule has 0 aromatic rings. The highest BCUT2D eigenvalue weighted by Gasteiger charge is 2.19. The van der Waals surface area contributed by atoms with Gasteiger partial charge in [0.05, 0.1) is 0 Å². The molecule has 0 radical (unpaired) electrons. The van der Waals surface area contributed by atoms with E-state index in [1.54, 1.807) is 0 Å².